The molecule has 0 saturated carbocycles. The fourth-order valence-corrected chi connectivity index (χ4v) is 2.94. The van der Waals surface area contributed by atoms with Gasteiger partial charge in [-0.15, -0.1) is 0 Å². The molecule has 0 atom stereocenters. The summed E-state index contributed by atoms with van der Waals surface area (Å²) in [5.74, 6) is -1.60. The van der Waals surface area contributed by atoms with Crippen LogP contribution in [0.4, 0.5) is 0 Å². The van der Waals surface area contributed by atoms with Crippen molar-refractivity contribution in [3.05, 3.63) is 58.1 Å². The highest BCUT2D eigenvalue weighted by Crippen LogP contribution is 2.32. The number of halogens is 1. The van der Waals surface area contributed by atoms with Crippen LogP contribution < -0.4 is 0 Å². The number of carbonyl (C=O) groups excluding carboxylic acids is 1. The van der Waals surface area contributed by atoms with Crippen LogP contribution in [-0.2, 0) is 4.74 Å². The number of carboxylic acids is 1. The molecule has 0 saturated heterocycles. The number of aromatic carboxylic acids is 1. The molecule has 0 fully saturated rings. The Balaban J connectivity index is 2.33. The number of esters is 1. The van der Waals surface area contributed by atoms with E-state index in [0.29, 0.717) is 4.90 Å². The third kappa shape index (κ3) is 4.11. The topological polar surface area (TPSA) is 63.6 Å². The summed E-state index contributed by atoms with van der Waals surface area (Å²) >= 11 is 4.69. The van der Waals surface area contributed by atoms with Crippen LogP contribution in [-0.4, -0.2) is 23.7 Å². The van der Waals surface area contributed by atoms with Crippen molar-refractivity contribution >= 4 is 39.6 Å². The molecule has 2 rings (SSSR count). The lowest BCUT2D eigenvalue weighted by atomic mass is 10.1. The summed E-state index contributed by atoms with van der Waals surface area (Å²) in [5, 5.41) is 9.35. The monoisotopic (exact) mass is 380 g/mol. The van der Waals surface area contributed by atoms with Gasteiger partial charge in [0.2, 0.25) is 0 Å². The second-order valence-corrected chi connectivity index (χ2v) is 6.32. The van der Waals surface area contributed by atoms with E-state index in [9.17, 15) is 14.7 Å². The van der Waals surface area contributed by atoms with Crippen molar-refractivity contribution in [3.63, 3.8) is 0 Å². The van der Waals surface area contributed by atoms with Crippen molar-refractivity contribution in [2.45, 2.75) is 16.7 Å². The zero-order chi connectivity index (χ0) is 16.1. The molecule has 22 heavy (non-hydrogen) atoms. The maximum absolute atomic E-state index is 11.7. The van der Waals surface area contributed by atoms with Gasteiger partial charge in [0.15, 0.2) is 0 Å². The summed E-state index contributed by atoms with van der Waals surface area (Å²) in [6, 6.07) is 12.1. The number of rotatable bonds is 5. The summed E-state index contributed by atoms with van der Waals surface area (Å²) < 4.78 is 5.84. The van der Waals surface area contributed by atoms with E-state index in [4.69, 9.17) is 4.74 Å². The minimum atomic E-state index is -1.08. The summed E-state index contributed by atoms with van der Waals surface area (Å²) in [4.78, 5) is 24.6. The van der Waals surface area contributed by atoms with Gasteiger partial charge in [0.25, 0.3) is 0 Å². The van der Waals surface area contributed by atoms with Crippen LogP contribution in [0.5, 0.6) is 0 Å². The largest absolute Gasteiger partial charge is 0.478 e. The lowest BCUT2D eigenvalue weighted by Gasteiger charge is -2.08. The van der Waals surface area contributed by atoms with E-state index in [1.807, 2.05) is 24.3 Å². The van der Waals surface area contributed by atoms with Gasteiger partial charge in [-0.25, -0.2) is 9.59 Å². The molecular weight excluding hydrogens is 368 g/mol. The first kappa shape index (κ1) is 16.6. The Labute approximate surface area is 140 Å². The Bertz CT molecular complexity index is 698. The predicted octanol–water partition coefficient (Wildman–Crippen LogP) is 4.48. The normalized spacial score (nSPS) is 10.3. The van der Waals surface area contributed by atoms with Gasteiger partial charge >= 0.3 is 11.9 Å². The molecule has 0 amide bonds. The number of carbonyl (C=O) groups is 2. The first-order valence-electron chi connectivity index (χ1n) is 6.49. The molecule has 0 aromatic heterocycles. The maximum atomic E-state index is 11.7. The van der Waals surface area contributed by atoms with E-state index in [-0.39, 0.29) is 17.7 Å². The van der Waals surface area contributed by atoms with E-state index in [2.05, 4.69) is 15.9 Å². The van der Waals surface area contributed by atoms with Crippen LogP contribution >= 0.6 is 27.7 Å². The standard InChI is InChI=1S/C16H13BrO4S/c1-2-21-16(20)10-3-8-14(13(9-10)15(18)19)22-12-6-4-11(17)5-7-12/h3-9H,2H2,1H3,(H,18,19). The van der Waals surface area contributed by atoms with Gasteiger partial charge in [0.05, 0.1) is 17.7 Å². The van der Waals surface area contributed by atoms with Gasteiger partial charge in [-0.3, -0.25) is 0 Å². The molecule has 2 aromatic rings. The van der Waals surface area contributed by atoms with Crippen LogP contribution in [0.3, 0.4) is 0 Å². The Kier molecular flexibility index (Phi) is 5.63. The summed E-state index contributed by atoms with van der Waals surface area (Å²) in [6.07, 6.45) is 0. The van der Waals surface area contributed by atoms with Crippen LogP contribution in [0.25, 0.3) is 0 Å². The molecule has 0 aliphatic carbocycles. The third-order valence-electron chi connectivity index (χ3n) is 2.76. The van der Waals surface area contributed by atoms with Crippen LogP contribution in [0.15, 0.2) is 56.7 Å². The number of benzene rings is 2. The first-order chi connectivity index (χ1) is 10.5. The highest BCUT2D eigenvalue weighted by atomic mass is 79.9. The van der Waals surface area contributed by atoms with Gasteiger partial charge in [-0.05, 0) is 49.4 Å². The summed E-state index contributed by atoms with van der Waals surface area (Å²) in [5.41, 5.74) is 0.317. The molecule has 0 bridgehead atoms. The van der Waals surface area contributed by atoms with Crippen molar-refractivity contribution in [2.24, 2.45) is 0 Å². The molecule has 0 heterocycles. The van der Waals surface area contributed by atoms with Gasteiger partial charge < -0.3 is 9.84 Å². The van der Waals surface area contributed by atoms with Crippen LogP contribution in [0, 0.1) is 0 Å². The predicted molar refractivity (Wildman–Crippen MR) is 87.6 cm³/mol. The molecular formula is C16H13BrO4S. The number of ether oxygens (including phenoxy) is 1. The SMILES string of the molecule is CCOC(=O)c1ccc(Sc2ccc(Br)cc2)c(C(=O)O)c1. The second-order valence-electron chi connectivity index (χ2n) is 4.29. The highest BCUT2D eigenvalue weighted by molar-refractivity contribution is 9.10. The Hall–Kier alpha value is -1.79. The zero-order valence-corrected chi connectivity index (χ0v) is 14.1. The molecule has 0 unspecified atom stereocenters. The highest BCUT2D eigenvalue weighted by Gasteiger charge is 2.16. The van der Waals surface area contributed by atoms with Gasteiger partial charge in [-0.1, -0.05) is 27.7 Å². The van der Waals surface area contributed by atoms with Gasteiger partial charge in [0.1, 0.15) is 0 Å². The van der Waals surface area contributed by atoms with Crippen molar-refractivity contribution in [3.8, 4) is 0 Å². The maximum Gasteiger partial charge on any atom is 0.338 e. The minimum Gasteiger partial charge on any atom is -0.478 e. The third-order valence-corrected chi connectivity index (χ3v) is 4.37. The molecule has 0 aliphatic rings. The minimum absolute atomic E-state index is 0.0819. The van der Waals surface area contributed by atoms with E-state index in [1.165, 1.54) is 17.8 Å². The fourth-order valence-electron chi connectivity index (χ4n) is 1.76. The average Bonchev–Trinajstić information content (AvgIpc) is 2.50. The number of hydrogen-bond donors (Lipinski definition) is 1. The molecule has 0 spiro atoms. The van der Waals surface area contributed by atoms with Crippen molar-refractivity contribution in [2.75, 3.05) is 6.61 Å². The molecule has 2 aromatic carbocycles. The smallest absolute Gasteiger partial charge is 0.338 e. The molecule has 0 radical (unpaired) electrons. The van der Waals surface area contributed by atoms with Crippen LogP contribution in [0.2, 0.25) is 0 Å². The molecule has 0 aliphatic heterocycles. The van der Waals surface area contributed by atoms with E-state index in [1.54, 1.807) is 19.1 Å². The Morgan fingerprint density at radius 1 is 1.18 bits per heavy atom. The summed E-state index contributed by atoms with van der Waals surface area (Å²) in [6.45, 7) is 1.95. The lowest BCUT2D eigenvalue weighted by Crippen LogP contribution is -2.07. The Morgan fingerprint density at radius 3 is 2.45 bits per heavy atom. The van der Waals surface area contributed by atoms with E-state index >= 15 is 0 Å². The van der Waals surface area contributed by atoms with Crippen molar-refractivity contribution in [1.82, 2.24) is 0 Å². The fraction of sp³-hybridized carbons (Fsp3) is 0.125. The second kappa shape index (κ2) is 7.47. The molecule has 114 valence electrons. The average molecular weight is 381 g/mol. The van der Waals surface area contributed by atoms with Gasteiger partial charge in [0, 0.05) is 14.3 Å². The van der Waals surface area contributed by atoms with Crippen molar-refractivity contribution in [1.29, 1.82) is 0 Å². The van der Waals surface area contributed by atoms with Crippen molar-refractivity contribution < 1.29 is 19.4 Å². The van der Waals surface area contributed by atoms with E-state index < -0.39 is 11.9 Å². The van der Waals surface area contributed by atoms with Gasteiger partial charge in [-0.2, -0.15) is 0 Å². The van der Waals surface area contributed by atoms with Crippen LogP contribution in [0.1, 0.15) is 27.6 Å². The molecule has 6 heteroatoms. The molecule has 1 N–H and O–H groups in total. The quantitative estimate of drug-likeness (QED) is 0.774. The lowest BCUT2D eigenvalue weighted by molar-refractivity contribution is 0.0526. The Morgan fingerprint density at radius 2 is 1.86 bits per heavy atom. The molecule has 4 nitrogen and oxygen atoms in total. The number of carboxylic acid groups (broad SMARTS) is 1. The zero-order valence-electron chi connectivity index (χ0n) is 11.7. The number of hydrogen-bond acceptors (Lipinski definition) is 4. The van der Waals surface area contributed by atoms with E-state index in [0.717, 1.165) is 9.37 Å². The first-order valence-corrected chi connectivity index (χ1v) is 8.10. The summed E-state index contributed by atoms with van der Waals surface area (Å²) in [7, 11) is 0.